The molecule has 0 aromatic carbocycles. The SMILES string of the molecule is CC(Nc1cc(Cl)nc(C2CC2)n1)C1CCCC1. The van der Waals surface area contributed by atoms with E-state index in [1.807, 2.05) is 6.07 Å². The van der Waals surface area contributed by atoms with Gasteiger partial charge in [-0.2, -0.15) is 0 Å². The van der Waals surface area contributed by atoms with Gasteiger partial charge in [0.05, 0.1) is 0 Å². The predicted molar refractivity (Wildman–Crippen MR) is 74.1 cm³/mol. The number of anilines is 1. The van der Waals surface area contributed by atoms with Crippen LogP contribution in [0.5, 0.6) is 0 Å². The summed E-state index contributed by atoms with van der Waals surface area (Å²) in [5, 5.41) is 4.08. The van der Waals surface area contributed by atoms with E-state index in [0.717, 1.165) is 17.6 Å². The zero-order valence-corrected chi connectivity index (χ0v) is 11.6. The van der Waals surface area contributed by atoms with Gasteiger partial charge >= 0.3 is 0 Å². The van der Waals surface area contributed by atoms with E-state index >= 15 is 0 Å². The fourth-order valence-corrected chi connectivity index (χ4v) is 3.03. The number of hydrogen-bond donors (Lipinski definition) is 1. The van der Waals surface area contributed by atoms with Crippen molar-refractivity contribution in [1.82, 2.24) is 9.97 Å². The zero-order chi connectivity index (χ0) is 12.5. The second-order valence-corrected chi connectivity index (χ2v) is 6.07. The Morgan fingerprint density at radius 2 is 1.94 bits per heavy atom. The Balaban J connectivity index is 1.70. The highest BCUT2D eigenvalue weighted by Gasteiger charge is 2.28. The lowest BCUT2D eigenvalue weighted by atomic mass is 10.00. The summed E-state index contributed by atoms with van der Waals surface area (Å²) in [4.78, 5) is 8.92. The monoisotopic (exact) mass is 265 g/mol. The van der Waals surface area contributed by atoms with Gasteiger partial charge < -0.3 is 5.32 Å². The highest BCUT2D eigenvalue weighted by atomic mass is 35.5. The van der Waals surface area contributed by atoms with Gasteiger partial charge in [-0.3, -0.25) is 0 Å². The third-order valence-corrected chi connectivity index (χ3v) is 4.33. The molecule has 1 aromatic rings. The highest BCUT2D eigenvalue weighted by Crippen LogP contribution is 2.39. The van der Waals surface area contributed by atoms with Gasteiger partial charge in [-0.1, -0.05) is 24.4 Å². The molecule has 1 aromatic heterocycles. The van der Waals surface area contributed by atoms with Crippen molar-refractivity contribution in [3.63, 3.8) is 0 Å². The van der Waals surface area contributed by atoms with Gasteiger partial charge in [0.2, 0.25) is 0 Å². The van der Waals surface area contributed by atoms with Crippen molar-refractivity contribution in [2.45, 2.75) is 57.4 Å². The molecule has 0 bridgehead atoms. The summed E-state index contributed by atoms with van der Waals surface area (Å²) in [6.07, 6.45) is 7.82. The first-order chi connectivity index (χ1) is 8.72. The van der Waals surface area contributed by atoms with Crippen LogP contribution in [0.3, 0.4) is 0 Å². The van der Waals surface area contributed by atoms with E-state index in [0.29, 0.717) is 17.1 Å². The number of hydrogen-bond acceptors (Lipinski definition) is 3. The second kappa shape index (κ2) is 5.04. The first-order valence-corrected chi connectivity index (χ1v) is 7.41. The van der Waals surface area contributed by atoms with Gasteiger partial charge in [-0.15, -0.1) is 0 Å². The molecule has 1 atom stereocenters. The van der Waals surface area contributed by atoms with E-state index in [9.17, 15) is 0 Å². The lowest BCUT2D eigenvalue weighted by Crippen LogP contribution is -2.24. The smallest absolute Gasteiger partial charge is 0.135 e. The van der Waals surface area contributed by atoms with Gasteiger partial charge in [0.1, 0.15) is 16.8 Å². The number of nitrogens with one attached hydrogen (secondary N) is 1. The fraction of sp³-hybridized carbons (Fsp3) is 0.714. The number of rotatable bonds is 4. The van der Waals surface area contributed by atoms with Crippen molar-refractivity contribution in [1.29, 1.82) is 0 Å². The largest absolute Gasteiger partial charge is 0.367 e. The standard InChI is InChI=1S/C14H20ClN3/c1-9(10-4-2-3-5-10)16-13-8-12(15)17-14(18-13)11-6-7-11/h8-11H,2-7H2,1H3,(H,16,17,18). The van der Waals surface area contributed by atoms with Crippen molar-refractivity contribution in [3.8, 4) is 0 Å². The third-order valence-electron chi connectivity index (χ3n) is 4.14. The van der Waals surface area contributed by atoms with Crippen molar-refractivity contribution in [3.05, 3.63) is 17.0 Å². The van der Waals surface area contributed by atoms with Gasteiger partial charge in [-0.25, -0.2) is 9.97 Å². The lowest BCUT2D eigenvalue weighted by Gasteiger charge is -2.21. The van der Waals surface area contributed by atoms with E-state index in [1.165, 1.54) is 38.5 Å². The summed E-state index contributed by atoms with van der Waals surface area (Å²) in [6, 6.07) is 2.32. The quantitative estimate of drug-likeness (QED) is 0.837. The van der Waals surface area contributed by atoms with Crippen LogP contribution in [0.25, 0.3) is 0 Å². The summed E-state index contributed by atoms with van der Waals surface area (Å²) in [7, 11) is 0. The molecule has 4 heteroatoms. The number of aromatic nitrogens is 2. The van der Waals surface area contributed by atoms with Crippen molar-refractivity contribution < 1.29 is 0 Å². The van der Waals surface area contributed by atoms with E-state index in [4.69, 9.17) is 11.6 Å². The number of nitrogens with zero attached hydrogens (tertiary/aromatic N) is 2. The molecule has 2 aliphatic carbocycles. The average molecular weight is 266 g/mol. The maximum absolute atomic E-state index is 6.07. The first kappa shape index (κ1) is 12.2. The van der Waals surface area contributed by atoms with Crippen LogP contribution >= 0.6 is 11.6 Å². The average Bonchev–Trinajstić information content (AvgIpc) is 3.03. The molecule has 18 heavy (non-hydrogen) atoms. The Bertz CT molecular complexity index is 425. The van der Waals surface area contributed by atoms with Crippen molar-refractivity contribution in [2.24, 2.45) is 5.92 Å². The molecular weight excluding hydrogens is 246 g/mol. The molecule has 0 radical (unpaired) electrons. The van der Waals surface area contributed by atoms with Crippen LogP contribution in [0, 0.1) is 5.92 Å². The zero-order valence-electron chi connectivity index (χ0n) is 10.8. The minimum Gasteiger partial charge on any atom is -0.367 e. The Labute approximate surface area is 113 Å². The Morgan fingerprint density at radius 3 is 2.61 bits per heavy atom. The van der Waals surface area contributed by atoms with Gasteiger partial charge in [0.25, 0.3) is 0 Å². The molecule has 3 rings (SSSR count). The van der Waals surface area contributed by atoms with Crippen LogP contribution in [-0.4, -0.2) is 16.0 Å². The highest BCUT2D eigenvalue weighted by molar-refractivity contribution is 6.29. The number of halogens is 1. The van der Waals surface area contributed by atoms with E-state index < -0.39 is 0 Å². The van der Waals surface area contributed by atoms with Crippen LogP contribution in [0.15, 0.2) is 6.07 Å². The van der Waals surface area contributed by atoms with Crippen LogP contribution in [0.2, 0.25) is 5.15 Å². The van der Waals surface area contributed by atoms with Crippen LogP contribution in [0.4, 0.5) is 5.82 Å². The van der Waals surface area contributed by atoms with Gasteiger partial charge in [-0.05, 0) is 38.5 Å². The van der Waals surface area contributed by atoms with Crippen molar-refractivity contribution >= 4 is 17.4 Å². The Hall–Kier alpha value is -0.830. The van der Waals surface area contributed by atoms with Gasteiger partial charge in [0.15, 0.2) is 0 Å². The molecule has 0 spiro atoms. The topological polar surface area (TPSA) is 37.8 Å². The second-order valence-electron chi connectivity index (χ2n) is 5.69. The predicted octanol–water partition coefficient (Wildman–Crippen LogP) is 4.00. The van der Waals surface area contributed by atoms with Crippen LogP contribution < -0.4 is 5.32 Å². The van der Waals surface area contributed by atoms with Crippen LogP contribution in [-0.2, 0) is 0 Å². The Kier molecular flexibility index (Phi) is 3.42. The lowest BCUT2D eigenvalue weighted by molar-refractivity contribution is 0.481. The molecule has 2 aliphatic rings. The summed E-state index contributed by atoms with van der Waals surface area (Å²) < 4.78 is 0. The summed E-state index contributed by atoms with van der Waals surface area (Å²) >= 11 is 6.07. The summed E-state index contributed by atoms with van der Waals surface area (Å²) in [5.41, 5.74) is 0. The molecule has 98 valence electrons. The maximum Gasteiger partial charge on any atom is 0.135 e. The fourth-order valence-electron chi connectivity index (χ4n) is 2.84. The molecule has 1 unspecified atom stereocenters. The first-order valence-electron chi connectivity index (χ1n) is 7.03. The van der Waals surface area contributed by atoms with E-state index in [1.54, 1.807) is 0 Å². The molecule has 0 saturated heterocycles. The normalized spacial score (nSPS) is 22.1. The minimum atomic E-state index is 0.477. The van der Waals surface area contributed by atoms with Crippen molar-refractivity contribution in [2.75, 3.05) is 5.32 Å². The maximum atomic E-state index is 6.07. The molecular formula is C14H20ClN3. The van der Waals surface area contributed by atoms with Crippen LogP contribution in [0.1, 0.15) is 57.2 Å². The molecule has 1 heterocycles. The minimum absolute atomic E-state index is 0.477. The summed E-state index contributed by atoms with van der Waals surface area (Å²) in [6.45, 7) is 2.25. The molecule has 0 amide bonds. The molecule has 1 N–H and O–H groups in total. The molecule has 2 fully saturated rings. The molecule has 3 nitrogen and oxygen atoms in total. The third kappa shape index (κ3) is 2.77. The molecule has 2 saturated carbocycles. The van der Waals surface area contributed by atoms with Gasteiger partial charge in [0, 0.05) is 18.0 Å². The Morgan fingerprint density at radius 1 is 1.22 bits per heavy atom. The summed E-state index contributed by atoms with van der Waals surface area (Å²) in [5.74, 6) is 3.15. The van der Waals surface area contributed by atoms with E-state index in [-0.39, 0.29) is 0 Å². The molecule has 0 aliphatic heterocycles. The van der Waals surface area contributed by atoms with E-state index in [2.05, 4.69) is 22.2 Å².